The van der Waals surface area contributed by atoms with E-state index in [0.717, 1.165) is 45.8 Å². The lowest BCUT2D eigenvalue weighted by atomic mass is 9.99. The van der Waals surface area contributed by atoms with Gasteiger partial charge in [-0.3, -0.25) is 9.80 Å². The molecule has 1 unspecified atom stereocenters. The van der Waals surface area contributed by atoms with E-state index in [1.807, 2.05) is 0 Å². The van der Waals surface area contributed by atoms with Gasteiger partial charge in [0, 0.05) is 45.8 Å². The first-order valence-corrected chi connectivity index (χ1v) is 8.69. The van der Waals surface area contributed by atoms with Crippen molar-refractivity contribution in [1.29, 1.82) is 0 Å². The first-order chi connectivity index (χ1) is 10.8. The molecule has 1 atom stereocenters. The first kappa shape index (κ1) is 18.4. The Bertz CT molecular complexity index is 486. The third-order valence-corrected chi connectivity index (χ3v) is 4.86. The minimum absolute atomic E-state index is 0.283. The van der Waals surface area contributed by atoms with Gasteiger partial charge in [-0.05, 0) is 51.6 Å². The number of piperazine rings is 1. The first-order valence-electron chi connectivity index (χ1n) is 8.69. The molecule has 0 aromatic heterocycles. The van der Waals surface area contributed by atoms with E-state index in [4.69, 9.17) is 0 Å². The molecule has 1 heterocycles. The predicted octanol–water partition coefficient (Wildman–Crippen LogP) is 1.65. The van der Waals surface area contributed by atoms with Gasteiger partial charge >= 0.3 is 0 Å². The number of aryl methyl sites for hydroxylation is 3. The molecule has 1 saturated heterocycles. The molecule has 1 aromatic carbocycles. The van der Waals surface area contributed by atoms with Crippen LogP contribution in [-0.4, -0.2) is 79.3 Å². The van der Waals surface area contributed by atoms with E-state index in [1.165, 1.54) is 22.3 Å². The highest BCUT2D eigenvalue weighted by Crippen LogP contribution is 2.18. The molecule has 1 aliphatic heterocycles. The van der Waals surface area contributed by atoms with Crippen molar-refractivity contribution in [3.63, 3.8) is 0 Å². The fourth-order valence-electron chi connectivity index (χ4n) is 3.54. The molecule has 2 rings (SSSR count). The summed E-state index contributed by atoms with van der Waals surface area (Å²) in [6.45, 7) is 13.2. The van der Waals surface area contributed by atoms with E-state index in [9.17, 15) is 5.11 Å². The second-order valence-corrected chi connectivity index (χ2v) is 7.33. The highest BCUT2D eigenvalue weighted by atomic mass is 16.3. The molecule has 0 saturated carbocycles. The normalized spacial score (nSPS) is 18.6. The number of hydrogen-bond acceptors (Lipinski definition) is 4. The van der Waals surface area contributed by atoms with Crippen LogP contribution in [0.15, 0.2) is 12.1 Å². The maximum Gasteiger partial charge on any atom is 0.0793 e. The summed E-state index contributed by atoms with van der Waals surface area (Å²) in [5.74, 6) is 0. The highest BCUT2D eigenvalue weighted by Gasteiger charge is 2.18. The van der Waals surface area contributed by atoms with Crippen LogP contribution in [0.1, 0.15) is 22.3 Å². The number of nitrogens with zero attached hydrogens (tertiary/aromatic N) is 3. The zero-order valence-corrected chi connectivity index (χ0v) is 15.5. The third kappa shape index (κ3) is 5.57. The van der Waals surface area contributed by atoms with Crippen LogP contribution >= 0.6 is 0 Å². The monoisotopic (exact) mass is 319 g/mol. The lowest BCUT2D eigenvalue weighted by Gasteiger charge is -2.34. The van der Waals surface area contributed by atoms with Gasteiger partial charge < -0.3 is 10.0 Å². The van der Waals surface area contributed by atoms with Gasteiger partial charge in [0.25, 0.3) is 0 Å². The SMILES string of the molecule is Cc1cc(C)c(CN(C)CC(O)CN2CCN(C)CC2)c(C)c1. The molecule has 130 valence electrons. The smallest absolute Gasteiger partial charge is 0.0793 e. The van der Waals surface area contributed by atoms with E-state index in [1.54, 1.807) is 0 Å². The maximum atomic E-state index is 10.4. The Kier molecular flexibility index (Phi) is 6.60. The van der Waals surface area contributed by atoms with Crippen LogP contribution in [0.5, 0.6) is 0 Å². The molecule has 4 nitrogen and oxygen atoms in total. The van der Waals surface area contributed by atoms with Gasteiger partial charge in [-0.15, -0.1) is 0 Å². The van der Waals surface area contributed by atoms with E-state index in [0.29, 0.717) is 0 Å². The summed E-state index contributed by atoms with van der Waals surface area (Å²) >= 11 is 0. The minimum atomic E-state index is -0.283. The Balaban J connectivity index is 1.83. The van der Waals surface area contributed by atoms with Gasteiger partial charge in [-0.2, -0.15) is 0 Å². The predicted molar refractivity (Wildman–Crippen MR) is 96.9 cm³/mol. The molecular formula is C19H33N3O. The number of hydrogen-bond donors (Lipinski definition) is 1. The zero-order valence-electron chi connectivity index (χ0n) is 15.5. The van der Waals surface area contributed by atoms with Crippen molar-refractivity contribution in [3.05, 3.63) is 34.4 Å². The molecule has 0 spiro atoms. The average Bonchev–Trinajstić information content (AvgIpc) is 2.45. The summed E-state index contributed by atoms with van der Waals surface area (Å²) in [4.78, 5) is 6.96. The van der Waals surface area contributed by atoms with E-state index in [2.05, 4.69) is 61.7 Å². The zero-order chi connectivity index (χ0) is 17.0. The molecule has 1 aromatic rings. The third-order valence-electron chi connectivity index (χ3n) is 4.86. The molecule has 0 radical (unpaired) electrons. The van der Waals surface area contributed by atoms with E-state index in [-0.39, 0.29) is 6.10 Å². The van der Waals surface area contributed by atoms with Crippen molar-refractivity contribution < 1.29 is 5.11 Å². The second-order valence-electron chi connectivity index (χ2n) is 7.33. The van der Waals surface area contributed by atoms with Gasteiger partial charge in [0.05, 0.1) is 6.10 Å². The van der Waals surface area contributed by atoms with Crippen LogP contribution in [0.25, 0.3) is 0 Å². The lowest BCUT2D eigenvalue weighted by molar-refractivity contribution is 0.0593. The molecule has 1 aliphatic rings. The highest BCUT2D eigenvalue weighted by molar-refractivity contribution is 5.37. The molecule has 0 aliphatic carbocycles. The molecular weight excluding hydrogens is 286 g/mol. The standard InChI is InChI=1S/C19H33N3O/c1-15-10-16(2)19(17(3)11-15)14-21(5)12-18(23)13-22-8-6-20(4)7-9-22/h10-11,18,23H,6-9,12-14H2,1-5H3. The fourth-order valence-corrected chi connectivity index (χ4v) is 3.54. The molecule has 4 heteroatoms. The summed E-state index contributed by atoms with van der Waals surface area (Å²) in [5, 5.41) is 10.4. The average molecular weight is 319 g/mol. The summed E-state index contributed by atoms with van der Waals surface area (Å²) in [5.41, 5.74) is 5.41. The van der Waals surface area contributed by atoms with Crippen molar-refractivity contribution in [1.82, 2.24) is 14.7 Å². The lowest BCUT2D eigenvalue weighted by Crippen LogP contribution is -2.48. The van der Waals surface area contributed by atoms with E-state index >= 15 is 0 Å². The summed E-state index contributed by atoms with van der Waals surface area (Å²) in [7, 11) is 4.26. The van der Waals surface area contributed by atoms with Gasteiger partial charge in [-0.1, -0.05) is 17.7 Å². The molecule has 0 bridgehead atoms. The van der Waals surface area contributed by atoms with Crippen molar-refractivity contribution in [3.8, 4) is 0 Å². The van der Waals surface area contributed by atoms with Gasteiger partial charge in [-0.25, -0.2) is 0 Å². The Morgan fingerprint density at radius 1 is 1.09 bits per heavy atom. The quantitative estimate of drug-likeness (QED) is 0.864. The number of aliphatic hydroxyl groups excluding tert-OH is 1. The van der Waals surface area contributed by atoms with Crippen LogP contribution in [0.3, 0.4) is 0 Å². The summed E-state index contributed by atoms with van der Waals surface area (Å²) in [6, 6.07) is 4.49. The number of β-amino-alcohol motifs (C(OH)–C–C–N with tert-alkyl or cyclic N) is 1. The minimum Gasteiger partial charge on any atom is -0.390 e. The van der Waals surface area contributed by atoms with Crippen LogP contribution in [0.4, 0.5) is 0 Å². The molecule has 1 N–H and O–H groups in total. The van der Waals surface area contributed by atoms with Gasteiger partial charge in [0.2, 0.25) is 0 Å². The Morgan fingerprint density at radius 2 is 1.65 bits per heavy atom. The largest absolute Gasteiger partial charge is 0.390 e. The van der Waals surface area contributed by atoms with Crippen LogP contribution in [0, 0.1) is 20.8 Å². The van der Waals surface area contributed by atoms with Crippen LogP contribution in [0.2, 0.25) is 0 Å². The van der Waals surface area contributed by atoms with E-state index < -0.39 is 0 Å². The molecule has 1 fully saturated rings. The van der Waals surface area contributed by atoms with Crippen LogP contribution in [-0.2, 0) is 6.54 Å². The number of likely N-dealkylation sites (N-methyl/N-ethyl adjacent to an activating group) is 2. The number of rotatable bonds is 6. The molecule has 23 heavy (non-hydrogen) atoms. The van der Waals surface area contributed by atoms with Crippen molar-refractivity contribution in [2.75, 3.05) is 53.4 Å². The van der Waals surface area contributed by atoms with Gasteiger partial charge in [0.15, 0.2) is 0 Å². The Morgan fingerprint density at radius 3 is 2.22 bits per heavy atom. The van der Waals surface area contributed by atoms with Crippen molar-refractivity contribution in [2.24, 2.45) is 0 Å². The Labute approximate surface area is 141 Å². The summed E-state index contributed by atoms with van der Waals surface area (Å²) < 4.78 is 0. The maximum absolute atomic E-state index is 10.4. The summed E-state index contributed by atoms with van der Waals surface area (Å²) in [6.07, 6.45) is -0.283. The Hall–Kier alpha value is -0.940. The number of benzene rings is 1. The topological polar surface area (TPSA) is 30.0 Å². The van der Waals surface area contributed by atoms with Crippen molar-refractivity contribution in [2.45, 2.75) is 33.4 Å². The van der Waals surface area contributed by atoms with Gasteiger partial charge in [0.1, 0.15) is 0 Å². The fraction of sp³-hybridized carbons (Fsp3) is 0.684. The molecule has 0 amide bonds. The second kappa shape index (κ2) is 8.25. The van der Waals surface area contributed by atoms with Crippen molar-refractivity contribution >= 4 is 0 Å². The van der Waals surface area contributed by atoms with Crippen LogP contribution < -0.4 is 0 Å². The number of aliphatic hydroxyl groups is 1.